The van der Waals surface area contributed by atoms with Crippen LogP contribution in [0.1, 0.15) is 56.9 Å². The second-order valence-corrected chi connectivity index (χ2v) is 7.14. The maximum atomic E-state index is 12.4. The van der Waals surface area contributed by atoms with E-state index < -0.39 is 5.97 Å². The number of hydrogen-bond donors (Lipinski definition) is 1. The van der Waals surface area contributed by atoms with Crippen molar-refractivity contribution < 1.29 is 24.2 Å². The number of carbonyl (C=O) groups excluding carboxylic acids is 1. The monoisotopic (exact) mass is 386 g/mol. The lowest BCUT2D eigenvalue weighted by molar-refractivity contribution is -0.141. The summed E-state index contributed by atoms with van der Waals surface area (Å²) in [7, 11) is 0. The molecular formula is C23H30O5. The summed E-state index contributed by atoms with van der Waals surface area (Å²) in [5, 5.41) is 8.63. The average Bonchev–Trinajstić information content (AvgIpc) is 2.70. The zero-order valence-corrected chi connectivity index (χ0v) is 16.3. The third-order valence-corrected chi connectivity index (χ3v) is 4.93. The van der Waals surface area contributed by atoms with Gasteiger partial charge in [0.05, 0.1) is 12.0 Å². The Morgan fingerprint density at radius 3 is 2.43 bits per heavy atom. The van der Waals surface area contributed by atoms with Crippen molar-refractivity contribution in [2.45, 2.75) is 57.5 Å². The quantitative estimate of drug-likeness (QED) is 0.190. The molecule has 1 aliphatic carbocycles. The molecule has 1 aliphatic rings. The molecule has 1 saturated carbocycles. The van der Waals surface area contributed by atoms with E-state index in [4.69, 9.17) is 14.6 Å². The van der Waals surface area contributed by atoms with Crippen LogP contribution in [-0.4, -0.2) is 29.8 Å². The van der Waals surface area contributed by atoms with Crippen LogP contribution in [0.15, 0.2) is 43.0 Å². The highest BCUT2D eigenvalue weighted by Gasteiger charge is 2.28. The van der Waals surface area contributed by atoms with Crippen LogP contribution < -0.4 is 4.74 Å². The summed E-state index contributed by atoms with van der Waals surface area (Å²) in [6.45, 7) is 4.52. The van der Waals surface area contributed by atoms with Crippen molar-refractivity contribution in [1.82, 2.24) is 0 Å². The minimum Gasteiger partial charge on any atom is -0.478 e. The number of carboxylic acid groups (broad SMARTS) is 1. The first-order valence-electron chi connectivity index (χ1n) is 10.0. The number of esters is 1. The fourth-order valence-electron chi connectivity index (χ4n) is 3.30. The number of carbonyl (C=O) groups is 2. The molecule has 0 spiro atoms. The maximum Gasteiger partial charge on any atom is 0.328 e. The Morgan fingerprint density at radius 1 is 1.07 bits per heavy atom. The molecule has 2 rings (SSSR count). The van der Waals surface area contributed by atoms with Crippen molar-refractivity contribution in [3.8, 4) is 5.75 Å². The molecule has 1 aromatic rings. The highest BCUT2D eigenvalue weighted by atomic mass is 16.5. The fourth-order valence-corrected chi connectivity index (χ4v) is 3.30. The molecule has 0 atom stereocenters. The molecule has 1 N–H and O–H groups in total. The number of rotatable bonds is 11. The number of allylic oxidation sites excluding steroid dienone is 1. The van der Waals surface area contributed by atoms with E-state index in [0.717, 1.165) is 56.8 Å². The smallest absolute Gasteiger partial charge is 0.328 e. The summed E-state index contributed by atoms with van der Waals surface area (Å²) in [5.41, 5.74) is 0.740. The Balaban J connectivity index is 1.67. The van der Waals surface area contributed by atoms with Gasteiger partial charge < -0.3 is 14.6 Å². The zero-order chi connectivity index (χ0) is 20.2. The van der Waals surface area contributed by atoms with Crippen LogP contribution in [0, 0.1) is 5.92 Å². The number of hydrogen-bond acceptors (Lipinski definition) is 4. The molecule has 0 heterocycles. The van der Waals surface area contributed by atoms with Gasteiger partial charge in [0.15, 0.2) is 0 Å². The summed E-state index contributed by atoms with van der Waals surface area (Å²) in [4.78, 5) is 22.9. The normalized spacial score (nSPS) is 19.4. The Kier molecular flexibility index (Phi) is 9.49. The van der Waals surface area contributed by atoms with E-state index in [0.29, 0.717) is 5.75 Å². The van der Waals surface area contributed by atoms with Crippen LogP contribution in [0.3, 0.4) is 0 Å². The summed E-state index contributed by atoms with van der Waals surface area (Å²) >= 11 is 0. The molecule has 28 heavy (non-hydrogen) atoms. The Labute approximate surface area is 167 Å². The second-order valence-electron chi connectivity index (χ2n) is 7.14. The molecule has 0 saturated heterocycles. The van der Waals surface area contributed by atoms with Gasteiger partial charge >= 0.3 is 11.9 Å². The van der Waals surface area contributed by atoms with Gasteiger partial charge in [0, 0.05) is 12.7 Å². The van der Waals surface area contributed by atoms with Gasteiger partial charge in [0.25, 0.3) is 0 Å². The third-order valence-electron chi connectivity index (χ3n) is 4.93. The number of aliphatic carboxylic acids is 1. The molecule has 5 nitrogen and oxygen atoms in total. The molecule has 0 aromatic heterocycles. The first kappa shape index (κ1) is 21.9. The molecule has 0 amide bonds. The van der Waals surface area contributed by atoms with Crippen LogP contribution >= 0.6 is 0 Å². The molecule has 0 unspecified atom stereocenters. The summed E-state index contributed by atoms with van der Waals surface area (Å²) in [6, 6.07) is 6.81. The van der Waals surface area contributed by atoms with Crippen LogP contribution in [0.5, 0.6) is 5.75 Å². The number of benzene rings is 1. The lowest BCUT2D eigenvalue weighted by Gasteiger charge is -2.27. The summed E-state index contributed by atoms with van der Waals surface area (Å²) < 4.78 is 11.4. The molecule has 0 aliphatic heterocycles. The zero-order valence-electron chi connectivity index (χ0n) is 16.3. The van der Waals surface area contributed by atoms with Crippen LogP contribution in [0.25, 0.3) is 6.08 Å². The van der Waals surface area contributed by atoms with Crippen LogP contribution in [0.2, 0.25) is 0 Å². The van der Waals surface area contributed by atoms with E-state index in [2.05, 4.69) is 6.58 Å². The van der Waals surface area contributed by atoms with E-state index in [-0.39, 0.29) is 18.0 Å². The second kappa shape index (κ2) is 12.1. The van der Waals surface area contributed by atoms with Gasteiger partial charge in [-0.1, -0.05) is 24.6 Å². The summed E-state index contributed by atoms with van der Waals surface area (Å²) in [5.74, 6) is -0.797. The number of carboxylic acids is 1. The molecule has 0 radical (unpaired) electrons. The van der Waals surface area contributed by atoms with Crippen molar-refractivity contribution >= 4 is 18.0 Å². The van der Waals surface area contributed by atoms with Gasteiger partial charge in [-0.25, -0.2) is 4.79 Å². The minimum atomic E-state index is -0.997. The van der Waals surface area contributed by atoms with Gasteiger partial charge in [-0.2, -0.15) is 0 Å². The fraction of sp³-hybridized carbons (Fsp3) is 0.478. The standard InChI is InChI=1S/C23H30O5/c1-2-3-4-5-6-17-27-20-14-10-19(11-15-20)23(26)28-21-12-7-18(8-13-21)9-16-22(24)25/h2,7-9,12-13,16,19-20H,1,3-6,10-11,14-15,17H2,(H,24,25). The van der Waals surface area contributed by atoms with Crippen molar-refractivity contribution in [3.05, 3.63) is 48.6 Å². The third kappa shape index (κ3) is 8.09. The maximum absolute atomic E-state index is 12.4. The van der Waals surface area contributed by atoms with Gasteiger partial charge in [-0.05, 0) is 68.7 Å². The molecule has 0 bridgehead atoms. The van der Waals surface area contributed by atoms with Crippen LogP contribution in [-0.2, 0) is 14.3 Å². The number of ether oxygens (including phenoxy) is 2. The lowest BCUT2D eigenvalue weighted by atomic mass is 9.87. The van der Waals surface area contributed by atoms with Crippen molar-refractivity contribution in [1.29, 1.82) is 0 Å². The van der Waals surface area contributed by atoms with E-state index in [1.165, 1.54) is 18.9 Å². The van der Waals surface area contributed by atoms with E-state index in [9.17, 15) is 9.59 Å². The molecule has 1 fully saturated rings. The largest absolute Gasteiger partial charge is 0.478 e. The highest BCUT2D eigenvalue weighted by Crippen LogP contribution is 2.28. The van der Waals surface area contributed by atoms with Crippen LogP contribution in [0.4, 0.5) is 0 Å². The van der Waals surface area contributed by atoms with Gasteiger partial charge in [-0.15, -0.1) is 6.58 Å². The van der Waals surface area contributed by atoms with E-state index in [1.54, 1.807) is 24.3 Å². The van der Waals surface area contributed by atoms with Gasteiger partial charge in [0.2, 0.25) is 0 Å². The molecular weight excluding hydrogens is 356 g/mol. The number of unbranched alkanes of at least 4 members (excludes halogenated alkanes) is 3. The first-order chi connectivity index (χ1) is 13.6. The van der Waals surface area contributed by atoms with Gasteiger partial charge in [-0.3, -0.25) is 4.79 Å². The van der Waals surface area contributed by atoms with Crippen molar-refractivity contribution in [2.24, 2.45) is 5.92 Å². The van der Waals surface area contributed by atoms with Crippen molar-refractivity contribution in [3.63, 3.8) is 0 Å². The molecule has 5 heteroatoms. The van der Waals surface area contributed by atoms with Gasteiger partial charge in [0.1, 0.15) is 5.75 Å². The molecule has 152 valence electrons. The Morgan fingerprint density at radius 2 is 1.79 bits per heavy atom. The average molecular weight is 386 g/mol. The van der Waals surface area contributed by atoms with E-state index in [1.807, 2.05) is 6.08 Å². The topological polar surface area (TPSA) is 72.8 Å². The first-order valence-corrected chi connectivity index (χ1v) is 10.0. The lowest BCUT2D eigenvalue weighted by Crippen LogP contribution is -2.29. The van der Waals surface area contributed by atoms with Crippen molar-refractivity contribution in [2.75, 3.05) is 6.61 Å². The predicted octanol–water partition coefficient (Wildman–Crippen LogP) is 5.01. The highest BCUT2D eigenvalue weighted by molar-refractivity contribution is 5.85. The molecule has 1 aromatic carbocycles. The Hall–Kier alpha value is -2.40. The minimum absolute atomic E-state index is 0.0842. The SMILES string of the molecule is C=CCCCCCOC1CCC(C(=O)Oc2ccc(C=CC(=O)O)cc2)CC1. The summed E-state index contributed by atoms with van der Waals surface area (Å²) in [6.07, 6.45) is 12.6. The predicted molar refractivity (Wildman–Crippen MR) is 109 cm³/mol. The Bertz CT molecular complexity index is 654. The van der Waals surface area contributed by atoms with E-state index >= 15 is 0 Å².